The molecule has 1 amide bonds. The summed E-state index contributed by atoms with van der Waals surface area (Å²) in [7, 11) is 0. The highest BCUT2D eigenvalue weighted by Crippen LogP contribution is 2.27. The molecule has 2 fully saturated rings. The first-order chi connectivity index (χ1) is 12.2. The molecule has 132 valence electrons. The lowest BCUT2D eigenvalue weighted by atomic mass is 10.00. The van der Waals surface area contributed by atoms with E-state index < -0.39 is 0 Å². The molecule has 1 atom stereocenters. The second-order valence-electron chi connectivity index (χ2n) is 7.44. The lowest BCUT2D eigenvalue weighted by Crippen LogP contribution is -2.50. The fourth-order valence-corrected chi connectivity index (χ4v) is 4.61. The molecule has 2 aromatic carbocycles. The largest absolute Gasteiger partial charge is 0.368 e. The van der Waals surface area contributed by atoms with Crippen molar-refractivity contribution in [1.82, 2.24) is 9.80 Å². The molecule has 0 radical (unpaired) electrons. The highest BCUT2D eigenvalue weighted by Gasteiger charge is 2.35. The first-order valence-corrected chi connectivity index (χ1v) is 9.46. The molecule has 0 bridgehead atoms. The predicted octanol–water partition coefficient (Wildman–Crippen LogP) is 2.75. The summed E-state index contributed by atoms with van der Waals surface area (Å²) in [5.41, 5.74) is 7.00. The van der Waals surface area contributed by atoms with Crippen LogP contribution in [-0.4, -0.2) is 47.4 Å². The van der Waals surface area contributed by atoms with Crippen LogP contribution >= 0.6 is 0 Å². The maximum absolute atomic E-state index is 11.7. The van der Waals surface area contributed by atoms with Crippen LogP contribution in [-0.2, 0) is 11.3 Å². The Morgan fingerprint density at radius 3 is 2.56 bits per heavy atom. The van der Waals surface area contributed by atoms with Gasteiger partial charge < -0.3 is 5.73 Å². The standard InChI is InChI=1S/C21H27N3O/c22-21(25)20-9-4-12-24(20)18-10-13-23(14-11-18)15-17-7-3-6-16-5-1-2-8-19(16)17/h1-3,5-8,18,20H,4,9-15H2,(H2,22,25). The van der Waals surface area contributed by atoms with Gasteiger partial charge in [-0.2, -0.15) is 0 Å². The summed E-state index contributed by atoms with van der Waals surface area (Å²) in [6, 6.07) is 15.7. The number of fused-ring (bicyclic) bond motifs is 1. The SMILES string of the molecule is NC(=O)C1CCCN1C1CCN(Cc2cccc3ccccc23)CC1. The maximum atomic E-state index is 11.7. The van der Waals surface area contributed by atoms with Gasteiger partial charge in [0.1, 0.15) is 0 Å². The summed E-state index contributed by atoms with van der Waals surface area (Å²) in [5.74, 6) is -0.143. The summed E-state index contributed by atoms with van der Waals surface area (Å²) in [6.45, 7) is 4.22. The Balaban J connectivity index is 1.40. The topological polar surface area (TPSA) is 49.6 Å². The quantitative estimate of drug-likeness (QED) is 0.933. The van der Waals surface area contributed by atoms with Gasteiger partial charge in [0.05, 0.1) is 6.04 Å². The van der Waals surface area contributed by atoms with Crippen molar-refractivity contribution in [1.29, 1.82) is 0 Å². The van der Waals surface area contributed by atoms with Crippen LogP contribution in [0, 0.1) is 0 Å². The van der Waals surface area contributed by atoms with Crippen molar-refractivity contribution in [3.05, 3.63) is 48.0 Å². The van der Waals surface area contributed by atoms with Gasteiger partial charge in [-0.15, -0.1) is 0 Å². The van der Waals surface area contributed by atoms with Gasteiger partial charge in [0, 0.05) is 12.6 Å². The summed E-state index contributed by atoms with van der Waals surface area (Å²) < 4.78 is 0. The second-order valence-corrected chi connectivity index (χ2v) is 7.44. The van der Waals surface area contributed by atoms with E-state index in [4.69, 9.17) is 5.73 Å². The number of amides is 1. The first kappa shape index (κ1) is 16.6. The van der Waals surface area contributed by atoms with Crippen molar-refractivity contribution in [2.45, 2.75) is 44.3 Å². The molecule has 25 heavy (non-hydrogen) atoms. The van der Waals surface area contributed by atoms with Crippen LogP contribution < -0.4 is 5.73 Å². The Morgan fingerprint density at radius 1 is 1.00 bits per heavy atom. The number of carbonyl (C=O) groups excluding carboxylic acids is 1. The van der Waals surface area contributed by atoms with Crippen molar-refractivity contribution in [2.24, 2.45) is 5.73 Å². The van der Waals surface area contributed by atoms with Crippen LogP contribution in [0.4, 0.5) is 0 Å². The van der Waals surface area contributed by atoms with Gasteiger partial charge >= 0.3 is 0 Å². The fourth-order valence-electron chi connectivity index (χ4n) is 4.61. The van der Waals surface area contributed by atoms with Crippen molar-refractivity contribution in [2.75, 3.05) is 19.6 Å². The number of nitrogens with two attached hydrogens (primary N) is 1. The van der Waals surface area contributed by atoms with E-state index in [0.717, 1.165) is 51.9 Å². The van der Waals surface area contributed by atoms with Gasteiger partial charge in [-0.25, -0.2) is 0 Å². The Bertz CT molecular complexity index is 746. The zero-order valence-corrected chi connectivity index (χ0v) is 14.7. The summed E-state index contributed by atoms with van der Waals surface area (Å²) in [5, 5.41) is 2.68. The number of carbonyl (C=O) groups is 1. The Kier molecular flexibility index (Phi) is 4.73. The predicted molar refractivity (Wildman–Crippen MR) is 101 cm³/mol. The lowest BCUT2D eigenvalue weighted by molar-refractivity contribution is -0.123. The Hall–Kier alpha value is -1.91. The monoisotopic (exact) mass is 337 g/mol. The molecule has 4 rings (SSSR count). The molecule has 4 nitrogen and oxygen atoms in total. The van der Waals surface area contributed by atoms with Gasteiger partial charge in [-0.05, 0) is 61.7 Å². The molecule has 2 heterocycles. The van der Waals surface area contributed by atoms with E-state index in [1.54, 1.807) is 0 Å². The molecular formula is C21H27N3O. The third kappa shape index (κ3) is 3.42. The second kappa shape index (κ2) is 7.14. The van der Waals surface area contributed by atoms with Crippen molar-refractivity contribution >= 4 is 16.7 Å². The van der Waals surface area contributed by atoms with E-state index in [1.165, 1.54) is 16.3 Å². The normalized spacial score (nSPS) is 23.3. The fraction of sp³-hybridized carbons (Fsp3) is 0.476. The van der Waals surface area contributed by atoms with Crippen LogP contribution in [0.25, 0.3) is 10.8 Å². The maximum Gasteiger partial charge on any atom is 0.234 e. The van der Waals surface area contributed by atoms with E-state index in [1.807, 2.05) is 0 Å². The summed E-state index contributed by atoms with van der Waals surface area (Å²) in [4.78, 5) is 16.6. The van der Waals surface area contributed by atoms with Gasteiger partial charge in [-0.3, -0.25) is 14.6 Å². The zero-order valence-electron chi connectivity index (χ0n) is 14.7. The van der Waals surface area contributed by atoms with Crippen molar-refractivity contribution < 1.29 is 4.79 Å². The van der Waals surface area contributed by atoms with E-state index in [-0.39, 0.29) is 11.9 Å². The minimum Gasteiger partial charge on any atom is -0.368 e. The van der Waals surface area contributed by atoms with E-state index in [9.17, 15) is 4.79 Å². The van der Waals surface area contributed by atoms with Gasteiger partial charge in [0.15, 0.2) is 0 Å². The van der Waals surface area contributed by atoms with Crippen LogP contribution in [0.5, 0.6) is 0 Å². The minimum atomic E-state index is -0.143. The molecule has 0 aromatic heterocycles. The molecule has 0 spiro atoms. The molecule has 0 saturated carbocycles. The average Bonchev–Trinajstić information content (AvgIpc) is 3.13. The number of benzene rings is 2. The smallest absolute Gasteiger partial charge is 0.234 e. The van der Waals surface area contributed by atoms with E-state index >= 15 is 0 Å². The molecule has 2 N–H and O–H groups in total. The number of likely N-dealkylation sites (tertiary alicyclic amines) is 2. The number of nitrogens with zero attached hydrogens (tertiary/aromatic N) is 2. The highest BCUT2D eigenvalue weighted by molar-refractivity contribution is 5.85. The average molecular weight is 337 g/mol. The minimum absolute atomic E-state index is 0.0328. The third-order valence-corrected chi connectivity index (χ3v) is 5.92. The molecular weight excluding hydrogens is 310 g/mol. The molecule has 2 aliphatic rings. The molecule has 1 unspecified atom stereocenters. The van der Waals surface area contributed by atoms with Gasteiger partial charge in [0.25, 0.3) is 0 Å². The van der Waals surface area contributed by atoms with E-state index in [2.05, 4.69) is 52.3 Å². The third-order valence-electron chi connectivity index (χ3n) is 5.92. The van der Waals surface area contributed by atoms with Gasteiger partial charge in [-0.1, -0.05) is 42.5 Å². The number of piperidine rings is 1. The lowest BCUT2D eigenvalue weighted by Gasteiger charge is -2.38. The van der Waals surface area contributed by atoms with Crippen molar-refractivity contribution in [3.63, 3.8) is 0 Å². The number of primary amides is 1. The van der Waals surface area contributed by atoms with E-state index in [0.29, 0.717) is 6.04 Å². The molecule has 2 saturated heterocycles. The van der Waals surface area contributed by atoms with Crippen molar-refractivity contribution in [3.8, 4) is 0 Å². The van der Waals surface area contributed by atoms with Crippen LogP contribution in [0.2, 0.25) is 0 Å². The van der Waals surface area contributed by atoms with Crippen LogP contribution in [0.15, 0.2) is 42.5 Å². The molecule has 2 aliphatic heterocycles. The number of rotatable bonds is 4. The molecule has 2 aromatic rings. The Morgan fingerprint density at radius 2 is 1.76 bits per heavy atom. The summed E-state index contributed by atoms with van der Waals surface area (Å²) in [6.07, 6.45) is 4.30. The number of hydrogen-bond acceptors (Lipinski definition) is 3. The number of hydrogen-bond donors (Lipinski definition) is 1. The summed E-state index contributed by atoms with van der Waals surface area (Å²) >= 11 is 0. The molecule has 0 aliphatic carbocycles. The van der Waals surface area contributed by atoms with Crippen LogP contribution in [0.1, 0.15) is 31.2 Å². The Labute approximate surface area is 149 Å². The van der Waals surface area contributed by atoms with Crippen LogP contribution in [0.3, 0.4) is 0 Å². The zero-order chi connectivity index (χ0) is 17.2. The molecule has 4 heteroatoms. The van der Waals surface area contributed by atoms with Gasteiger partial charge in [0.2, 0.25) is 5.91 Å². The first-order valence-electron chi connectivity index (χ1n) is 9.46. The highest BCUT2D eigenvalue weighted by atomic mass is 16.1.